The molecule has 3 aromatic carbocycles. The van der Waals surface area contributed by atoms with Gasteiger partial charge in [-0.05, 0) is 42.5 Å². The number of ether oxygens (including phenoxy) is 2. The Balaban J connectivity index is 1.64. The van der Waals surface area contributed by atoms with Crippen LogP contribution in [0.1, 0.15) is 15.9 Å². The summed E-state index contributed by atoms with van der Waals surface area (Å²) in [7, 11) is 1.50. The van der Waals surface area contributed by atoms with E-state index >= 15 is 0 Å². The Hall–Kier alpha value is -5.06. The number of esters is 1. The van der Waals surface area contributed by atoms with E-state index in [9.17, 15) is 24.5 Å². The van der Waals surface area contributed by atoms with Gasteiger partial charge < -0.3 is 14.8 Å². The van der Waals surface area contributed by atoms with Gasteiger partial charge in [0.2, 0.25) is 0 Å². The van der Waals surface area contributed by atoms with Crippen molar-refractivity contribution in [1.82, 2.24) is 5.43 Å². The molecule has 3 rings (SSSR count). The van der Waals surface area contributed by atoms with Gasteiger partial charge in [-0.15, -0.1) is 0 Å². The van der Waals surface area contributed by atoms with E-state index in [1.54, 1.807) is 36.4 Å². The van der Waals surface area contributed by atoms with Crippen molar-refractivity contribution in [3.63, 3.8) is 0 Å². The van der Waals surface area contributed by atoms with E-state index in [1.807, 2.05) is 0 Å². The number of carbonyl (C=O) groups excluding carboxylic acids is 3. The fraction of sp³-hybridized carbons (Fsp3) is 0.0435. The number of methoxy groups -OCH3 is 1. The highest BCUT2D eigenvalue weighted by Gasteiger charge is 2.21. The van der Waals surface area contributed by atoms with Crippen molar-refractivity contribution in [2.45, 2.75) is 0 Å². The SMILES string of the molecule is COc1ccc(NC(=O)C(=O)N/N=C/c2ccccc2OC(=O)c2ccccc2[N+](=O)[O-])cc1. The number of amides is 2. The molecule has 0 saturated heterocycles. The highest BCUT2D eigenvalue weighted by atomic mass is 16.6. The van der Waals surface area contributed by atoms with E-state index in [-0.39, 0.29) is 16.9 Å². The van der Waals surface area contributed by atoms with E-state index < -0.39 is 28.4 Å². The Morgan fingerprint density at radius 3 is 2.32 bits per heavy atom. The Morgan fingerprint density at radius 2 is 1.62 bits per heavy atom. The third-order valence-electron chi connectivity index (χ3n) is 4.37. The molecule has 11 nitrogen and oxygen atoms in total. The molecule has 0 aliphatic carbocycles. The lowest BCUT2D eigenvalue weighted by atomic mass is 10.2. The van der Waals surface area contributed by atoms with E-state index in [0.717, 1.165) is 0 Å². The molecule has 0 atom stereocenters. The number of carbonyl (C=O) groups is 3. The lowest BCUT2D eigenvalue weighted by molar-refractivity contribution is -0.385. The molecule has 0 unspecified atom stereocenters. The number of hydrogen-bond acceptors (Lipinski definition) is 8. The molecule has 0 saturated carbocycles. The van der Waals surface area contributed by atoms with Gasteiger partial charge in [0.25, 0.3) is 5.69 Å². The number of para-hydroxylation sites is 2. The van der Waals surface area contributed by atoms with E-state index in [1.165, 1.54) is 49.7 Å². The minimum absolute atomic E-state index is 0.0475. The topological polar surface area (TPSA) is 149 Å². The van der Waals surface area contributed by atoms with Crippen LogP contribution in [0.4, 0.5) is 11.4 Å². The summed E-state index contributed by atoms with van der Waals surface area (Å²) in [6.45, 7) is 0. The lowest BCUT2D eigenvalue weighted by Gasteiger charge is -2.08. The van der Waals surface area contributed by atoms with Crippen molar-refractivity contribution in [2.24, 2.45) is 5.10 Å². The van der Waals surface area contributed by atoms with Crippen molar-refractivity contribution in [2.75, 3.05) is 12.4 Å². The molecule has 2 amide bonds. The van der Waals surface area contributed by atoms with Crippen LogP contribution in [0.2, 0.25) is 0 Å². The van der Waals surface area contributed by atoms with Gasteiger partial charge in [-0.2, -0.15) is 5.10 Å². The predicted octanol–water partition coefficient (Wildman–Crippen LogP) is 2.91. The number of hydrogen-bond donors (Lipinski definition) is 2. The number of benzene rings is 3. The van der Waals surface area contributed by atoms with Gasteiger partial charge in [0.05, 0.1) is 18.2 Å². The highest BCUT2D eigenvalue weighted by molar-refractivity contribution is 6.39. The molecule has 0 bridgehead atoms. The molecular weight excluding hydrogens is 444 g/mol. The van der Waals surface area contributed by atoms with Gasteiger partial charge in [0.1, 0.15) is 17.1 Å². The minimum Gasteiger partial charge on any atom is -0.497 e. The van der Waals surface area contributed by atoms with Crippen molar-refractivity contribution in [1.29, 1.82) is 0 Å². The van der Waals surface area contributed by atoms with Crippen molar-refractivity contribution < 1.29 is 28.8 Å². The Morgan fingerprint density at radius 1 is 0.941 bits per heavy atom. The fourth-order valence-corrected chi connectivity index (χ4v) is 2.71. The molecule has 0 radical (unpaired) electrons. The molecule has 0 spiro atoms. The van der Waals surface area contributed by atoms with Crippen LogP contribution in [0.3, 0.4) is 0 Å². The van der Waals surface area contributed by atoms with Gasteiger partial charge in [-0.1, -0.05) is 24.3 Å². The molecular formula is C23H18N4O7. The first-order valence-electron chi connectivity index (χ1n) is 9.72. The van der Waals surface area contributed by atoms with Gasteiger partial charge in [0, 0.05) is 17.3 Å². The molecule has 11 heteroatoms. The van der Waals surface area contributed by atoms with Crippen molar-refractivity contribution in [3.8, 4) is 11.5 Å². The van der Waals surface area contributed by atoms with Crippen LogP contribution in [0.5, 0.6) is 11.5 Å². The summed E-state index contributed by atoms with van der Waals surface area (Å²) >= 11 is 0. The lowest BCUT2D eigenvalue weighted by Crippen LogP contribution is -2.32. The maximum absolute atomic E-state index is 12.5. The van der Waals surface area contributed by atoms with Gasteiger partial charge >= 0.3 is 17.8 Å². The number of nitrogens with zero attached hydrogens (tertiary/aromatic N) is 2. The molecule has 34 heavy (non-hydrogen) atoms. The van der Waals surface area contributed by atoms with E-state index in [0.29, 0.717) is 11.4 Å². The van der Waals surface area contributed by atoms with Crippen molar-refractivity contribution in [3.05, 3.63) is 94.0 Å². The molecule has 0 heterocycles. The van der Waals surface area contributed by atoms with E-state index in [2.05, 4.69) is 15.8 Å². The third-order valence-corrected chi connectivity index (χ3v) is 4.37. The first-order valence-corrected chi connectivity index (χ1v) is 9.72. The number of nitrogens with one attached hydrogen (secondary N) is 2. The zero-order valence-corrected chi connectivity index (χ0v) is 17.8. The Bertz CT molecular complexity index is 1260. The molecule has 172 valence electrons. The van der Waals surface area contributed by atoms with Gasteiger partial charge in [0.15, 0.2) is 0 Å². The second kappa shape index (κ2) is 11.0. The normalized spacial score (nSPS) is 10.4. The predicted molar refractivity (Wildman–Crippen MR) is 122 cm³/mol. The maximum Gasteiger partial charge on any atom is 0.350 e. The molecule has 0 fully saturated rings. The van der Waals surface area contributed by atoms with Crippen LogP contribution in [0, 0.1) is 10.1 Å². The van der Waals surface area contributed by atoms with Crippen LogP contribution in [-0.4, -0.2) is 36.0 Å². The Labute approximate surface area is 193 Å². The monoisotopic (exact) mass is 462 g/mol. The summed E-state index contributed by atoms with van der Waals surface area (Å²) in [6.07, 6.45) is 1.17. The molecule has 3 aromatic rings. The quantitative estimate of drug-likeness (QED) is 0.137. The first kappa shape index (κ1) is 23.6. The average molecular weight is 462 g/mol. The summed E-state index contributed by atoms with van der Waals surface area (Å²) in [6, 6.07) is 17.9. The zero-order chi connectivity index (χ0) is 24.5. The van der Waals surface area contributed by atoms with Crippen LogP contribution in [-0.2, 0) is 9.59 Å². The summed E-state index contributed by atoms with van der Waals surface area (Å²) < 4.78 is 10.3. The number of rotatable bonds is 7. The van der Waals surface area contributed by atoms with Crippen LogP contribution in [0.15, 0.2) is 77.9 Å². The van der Waals surface area contributed by atoms with Crippen LogP contribution in [0.25, 0.3) is 0 Å². The summed E-state index contributed by atoms with van der Waals surface area (Å²) in [5.74, 6) is -2.27. The molecule has 0 aliphatic rings. The van der Waals surface area contributed by atoms with Crippen LogP contribution < -0.4 is 20.2 Å². The minimum atomic E-state index is -1.03. The standard InChI is InChI=1S/C23H18N4O7/c1-33-17-12-10-16(11-13-17)25-21(28)22(29)26-24-14-15-6-2-5-9-20(15)34-23(30)18-7-3-4-8-19(18)27(31)32/h2-14H,1H3,(H,25,28)(H,26,29)/b24-14+. The number of nitro benzene ring substituents is 1. The van der Waals surface area contributed by atoms with Crippen LogP contribution >= 0.6 is 0 Å². The Kier molecular flexibility index (Phi) is 7.63. The zero-order valence-electron chi connectivity index (χ0n) is 17.8. The smallest absolute Gasteiger partial charge is 0.350 e. The number of hydrazone groups is 1. The molecule has 2 N–H and O–H groups in total. The third kappa shape index (κ3) is 6.01. The first-order chi connectivity index (χ1) is 16.4. The maximum atomic E-state index is 12.5. The van der Waals surface area contributed by atoms with Gasteiger partial charge in [-0.3, -0.25) is 19.7 Å². The number of anilines is 1. The summed E-state index contributed by atoms with van der Waals surface area (Å²) in [5.41, 5.74) is 2.13. The number of nitro groups is 1. The second-order valence-electron chi connectivity index (χ2n) is 6.58. The highest BCUT2D eigenvalue weighted by Crippen LogP contribution is 2.22. The second-order valence-corrected chi connectivity index (χ2v) is 6.58. The fourth-order valence-electron chi connectivity index (χ4n) is 2.71. The largest absolute Gasteiger partial charge is 0.497 e. The summed E-state index contributed by atoms with van der Waals surface area (Å²) in [5, 5.41) is 17.3. The van der Waals surface area contributed by atoms with E-state index in [4.69, 9.17) is 9.47 Å². The summed E-state index contributed by atoms with van der Waals surface area (Å²) in [4.78, 5) is 47.0. The molecule has 0 aromatic heterocycles. The van der Waals surface area contributed by atoms with Crippen molar-refractivity contribution >= 4 is 35.4 Å². The molecule has 0 aliphatic heterocycles. The average Bonchev–Trinajstić information content (AvgIpc) is 2.85. The van der Waals surface area contributed by atoms with Gasteiger partial charge in [-0.25, -0.2) is 10.2 Å².